The van der Waals surface area contributed by atoms with Gasteiger partial charge in [-0.05, 0) is 45.2 Å². The molecule has 1 heterocycles. The summed E-state index contributed by atoms with van der Waals surface area (Å²) in [5.74, 6) is -0.0521. The van der Waals surface area contributed by atoms with E-state index in [-0.39, 0.29) is 11.8 Å². The highest BCUT2D eigenvalue weighted by atomic mass is 16.1. The first kappa shape index (κ1) is 15.7. The van der Waals surface area contributed by atoms with Gasteiger partial charge in [0, 0.05) is 25.7 Å². The zero-order chi connectivity index (χ0) is 14.8. The van der Waals surface area contributed by atoms with Gasteiger partial charge in [-0.2, -0.15) is 0 Å². The summed E-state index contributed by atoms with van der Waals surface area (Å²) in [6.07, 6.45) is 3.83. The molecule has 1 saturated heterocycles. The largest absolute Gasteiger partial charge is 0.368 e. The molecule has 3 atom stereocenters. The molecule has 0 radical (unpaired) electrons. The van der Waals surface area contributed by atoms with Crippen LogP contribution >= 0.6 is 0 Å². The van der Waals surface area contributed by atoms with E-state index in [1.807, 2.05) is 0 Å². The lowest BCUT2D eigenvalue weighted by Gasteiger charge is -2.40. The molecule has 3 unspecified atom stereocenters. The molecule has 2 fully saturated rings. The van der Waals surface area contributed by atoms with Crippen LogP contribution in [0.5, 0.6) is 0 Å². The predicted octanol–water partition coefficient (Wildman–Crippen LogP) is 0.385. The van der Waals surface area contributed by atoms with Gasteiger partial charge in [-0.1, -0.05) is 13.3 Å². The summed E-state index contributed by atoms with van der Waals surface area (Å²) in [7, 11) is 0. The lowest BCUT2D eigenvalue weighted by atomic mass is 9.85. The lowest BCUT2D eigenvalue weighted by molar-refractivity contribution is -0.124. The van der Waals surface area contributed by atoms with Crippen molar-refractivity contribution in [1.29, 1.82) is 0 Å². The zero-order valence-corrected chi connectivity index (χ0v) is 13.0. The zero-order valence-electron chi connectivity index (χ0n) is 13.0. The summed E-state index contributed by atoms with van der Waals surface area (Å²) in [5.41, 5.74) is 11.0. The number of nitrogens with two attached hydrogens (primary N) is 2. The van der Waals surface area contributed by atoms with Crippen molar-refractivity contribution in [2.45, 2.75) is 51.1 Å². The molecule has 20 heavy (non-hydrogen) atoms. The third kappa shape index (κ3) is 3.15. The molecule has 2 aliphatic rings. The second-order valence-electron chi connectivity index (χ2n) is 6.56. The monoisotopic (exact) mass is 282 g/mol. The number of primary amides is 1. The van der Waals surface area contributed by atoms with Crippen LogP contribution in [0.1, 0.15) is 39.5 Å². The lowest BCUT2D eigenvalue weighted by Crippen LogP contribution is -2.56. The summed E-state index contributed by atoms with van der Waals surface area (Å²) < 4.78 is 0. The molecule has 5 nitrogen and oxygen atoms in total. The number of hydrogen-bond acceptors (Lipinski definition) is 4. The predicted molar refractivity (Wildman–Crippen MR) is 81.2 cm³/mol. The van der Waals surface area contributed by atoms with Crippen LogP contribution in [0.3, 0.4) is 0 Å². The Bertz CT molecular complexity index is 349. The van der Waals surface area contributed by atoms with Crippen LogP contribution in [0.25, 0.3) is 0 Å². The first-order valence-electron chi connectivity index (χ1n) is 8.02. The van der Waals surface area contributed by atoms with Crippen LogP contribution in [0.15, 0.2) is 0 Å². The number of carbonyl (C=O) groups is 1. The quantitative estimate of drug-likeness (QED) is 0.764. The van der Waals surface area contributed by atoms with Crippen LogP contribution in [0.2, 0.25) is 0 Å². The molecule has 1 aliphatic carbocycles. The van der Waals surface area contributed by atoms with Crippen molar-refractivity contribution in [1.82, 2.24) is 9.80 Å². The number of nitrogens with zero attached hydrogens (tertiary/aromatic N) is 2. The van der Waals surface area contributed by atoms with Crippen LogP contribution in [0.4, 0.5) is 0 Å². The Morgan fingerprint density at radius 1 is 1.40 bits per heavy atom. The summed E-state index contributed by atoms with van der Waals surface area (Å²) in [5, 5.41) is 0. The van der Waals surface area contributed by atoms with Crippen LogP contribution in [0, 0.1) is 5.92 Å². The van der Waals surface area contributed by atoms with Gasteiger partial charge >= 0.3 is 0 Å². The number of amides is 1. The van der Waals surface area contributed by atoms with E-state index < -0.39 is 5.54 Å². The summed E-state index contributed by atoms with van der Waals surface area (Å²) in [6, 6.07) is 0.621. The molecule has 0 aromatic carbocycles. The molecular weight excluding hydrogens is 252 g/mol. The van der Waals surface area contributed by atoms with Gasteiger partial charge in [0.25, 0.3) is 0 Å². The Labute approximate surface area is 122 Å². The third-order valence-corrected chi connectivity index (χ3v) is 5.38. The van der Waals surface area contributed by atoms with Gasteiger partial charge < -0.3 is 16.4 Å². The van der Waals surface area contributed by atoms with E-state index in [0.29, 0.717) is 6.04 Å². The Hall–Kier alpha value is -0.650. The second kappa shape index (κ2) is 6.41. The van der Waals surface area contributed by atoms with Gasteiger partial charge in [0.05, 0.1) is 5.54 Å². The first-order chi connectivity index (χ1) is 9.47. The first-order valence-corrected chi connectivity index (χ1v) is 8.02. The van der Waals surface area contributed by atoms with Crippen molar-refractivity contribution in [2.24, 2.45) is 17.4 Å². The summed E-state index contributed by atoms with van der Waals surface area (Å²) in [4.78, 5) is 16.6. The number of carbonyl (C=O) groups excluding carboxylic acids is 1. The Kier molecular flexibility index (Phi) is 5.04. The minimum atomic E-state index is -0.753. The number of rotatable bonds is 5. The van der Waals surface area contributed by atoms with E-state index in [2.05, 4.69) is 23.6 Å². The molecule has 1 amide bonds. The molecule has 0 aromatic heterocycles. The van der Waals surface area contributed by atoms with Crippen molar-refractivity contribution in [3.63, 3.8) is 0 Å². The van der Waals surface area contributed by atoms with E-state index in [9.17, 15) is 4.79 Å². The molecule has 1 aliphatic heterocycles. The average Bonchev–Trinajstić information content (AvgIpc) is 2.79. The van der Waals surface area contributed by atoms with E-state index in [0.717, 1.165) is 58.4 Å². The van der Waals surface area contributed by atoms with Gasteiger partial charge in [0.15, 0.2) is 0 Å². The molecule has 0 spiro atoms. The SMILES string of the molecule is CCN1CCN(CCC2CCCC2(N)C(N)=O)CC1C. The standard InChI is InChI=1S/C15H30N4O/c1-3-19-10-9-18(11-12(19)2)8-6-13-5-4-7-15(13,17)14(16)20/h12-13H,3-11,17H2,1-2H3,(H2,16,20). The van der Waals surface area contributed by atoms with Crippen LogP contribution in [-0.4, -0.2) is 60.0 Å². The topological polar surface area (TPSA) is 75.6 Å². The van der Waals surface area contributed by atoms with Gasteiger partial charge in [-0.15, -0.1) is 0 Å². The number of likely N-dealkylation sites (N-methyl/N-ethyl adjacent to an activating group) is 1. The maximum atomic E-state index is 11.6. The highest BCUT2D eigenvalue weighted by Crippen LogP contribution is 2.36. The average molecular weight is 282 g/mol. The summed E-state index contributed by atoms with van der Waals surface area (Å²) >= 11 is 0. The van der Waals surface area contributed by atoms with Gasteiger partial charge in [0.2, 0.25) is 5.91 Å². The molecule has 1 saturated carbocycles. The maximum absolute atomic E-state index is 11.6. The van der Waals surface area contributed by atoms with Crippen molar-refractivity contribution < 1.29 is 4.79 Å². The van der Waals surface area contributed by atoms with Gasteiger partial charge in [0.1, 0.15) is 0 Å². The second-order valence-corrected chi connectivity index (χ2v) is 6.56. The van der Waals surface area contributed by atoms with E-state index >= 15 is 0 Å². The summed E-state index contributed by atoms with van der Waals surface area (Å²) in [6.45, 7) is 10.1. The highest BCUT2D eigenvalue weighted by molar-refractivity contribution is 5.85. The molecule has 5 heteroatoms. The van der Waals surface area contributed by atoms with E-state index in [4.69, 9.17) is 11.5 Å². The Morgan fingerprint density at radius 2 is 2.15 bits per heavy atom. The normalized spacial score (nSPS) is 36.4. The van der Waals surface area contributed by atoms with E-state index in [1.165, 1.54) is 0 Å². The molecule has 2 rings (SSSR count). The minimum Gasteiger partial charge on any atom is -0.368 e. The molecule has 0 aromatic rings. The fourth-order valence-corrected chi connectivity index (χ4v) is 3.91. The Balaban J connectivity index is 1.82. The van der Waals surface area contributed by atoms with Crippen LogP contribution < -0.4 is 11.5 Å². The van der Waals surface area contributed by atoms with Crippen molar-refractivity contribution in [2.75, 3.05) is 32.7 Å². The van der Waals surface area contributed by atoms with E-state index in [1.54, 1.807) is 0 Å². The fourth-order valence-electron chi connectivity index (χ4n) is 3.91. The van der Waals surface area contributed by atoms with Gasteiger partial charge in [-0.3, -0.25) is 9.69 Å². The molecule has 0 bridgehead atoms. The fraction of sp³-hybridized carbons (Fsp3) is 0.933. The smallest absolute Gasteiger partial charge is 0.237 e. The third-order valence-electron chi connectivity index (χ3n) is 5.38. The maximum Gasteiger partial charge on any atom is 0.237 e. The van der Waals surface area contributed by atoms with Crippen molar-refractivity contribution in [3.05, 3.63) is 0 Å². The Morgan fingerprint density at radius 3 is 2.75 bits per heavy atom. The minimum absolute atomic E-state index is 0.263. The number of hydrogen-bond donors (Lipinski definition) is 2. The number of piperazine rings is 1. The van der Waals surface area contributed by atoms with Gasteiger partial charge in [-0.25, -0.2) is 0 Å². The van der Waals surface area contributed by atoms with Crippen molar-refractivity contribution >= 4 is 5.91 Å². The molecular formula is C15H30N4O. The molecule has 4 N–H and O–H groups in total. The van der Waals surface area contributed by atoms with Crippen LogP contribution in [-0.2, 0) is 4.79 Å². The van der Waals surface area contributed by atoms with Crippen molar-refractivity contribution in [3.8, 4) is 0 Å². The molecule has 116 valence electrons. The highest BCUT2D eigenvalue weighted by Gasteiger charge is 2.44.